The zero-order valence-electron chi connectivity index (χ0n) is 16.1. The van der Waals surface area contributed by atoms with Gasteiger partial charge in [-0.15, -0.1) is 11.3 Å². The first kappa shape index (κ1) is 21.5. The minimum atomic E-state index is -4.40. The van der Waals surface area contributed by atoms with E-state index in [1.54, 1.807) is 12.1 Å². The van der Waals surface area contributed by atoms with Gasteiger partial charge in [-0.25, -0.2) is 14.2 Å². The molecule has 3 N–H and O–H groups in total. The zero-order chi connectivity index (χ0) is 22.2. The van der Waals surface area contributed by atoms with E-state index in [1.165, 1.54) is 29.4 Å². The number of nitrogens with one attached hydrogen (secondary N) is 1. The number of aliphatic imine (C=N–C) groups is 1. The van der Waals surface area contributed by atoms with Gasteiger partial charge in [0.25, 0.3) is 0 Å². The van der Waals surface area contributed by atoms with E-state index in [0.29, 0.717) is 29.3 Å². The normalized spacial score (nSPS) is 22.4. The van der Waals surface area contributed by atoms with Crippen molar-refractivity contribution in [1.82, 2.24) is 15.1 Å². The number of halogens is 4. The van der Waals surface area contributed by atoms with Crippen LogP contribution >= 0.6 is 11.3 Å². The Hall–Kier alpha value is -2.76. The SMILES string of the molecule is NC1CN(C2N=CN(Cc3ccc(C(F)(F)F)s3)C(=O)N2)CC=C1c1ccc(F)cc1. The van der Waals surface area contributed by atoms with Gasteiger partial charge in [0.15, 0.2) is 6.29 Å². The monoisotopic (exact) mass is 453 g/mol. The van der Waals surface area contributed by atoms with E-state index in [2.05, 4.69) is 10.3 Å². The molecule has 0 saturated carbocycles. The number of carbonyl (C=O) groups is 1. The van der Waals surface area contributed by atoms with Crippen LogP contribution in [-0.4, -0.2) is 47.6 Å². The minimum absolute atomic E-state index is 0.00304. The van der Waals surface area contributed by atoms with Gasteiger partial charge in [-0.05, 0) is 35.4 Å². The van der Waals surface area contributed by atoms with Crippen molar-refractivity contribution in [3.8, 4) is 0 Å². The molecule has 11 heteroatoms. The Morgan fingerprint density at radius 1 is 1.19 bits per heavy atom. The average molecular weight is 453 g/mol. The summed E-state index contributed by atoms with van der Waals surface area (Å²) < 4.78 is 51.4. The van der Waals surface area contributed by atoms with Crippen LogP contribution in [0.5, 0.6) is 0 Å². The summed E-state index contributed by atoms with van der Waals surface area (Å²) in [4.78, 5) is 19.6. The summed E-state index contributed by atoms with van der Waals surface area (Å²) in [7, 11) is 0. The fourth-order valence-electron chi connectivity index (χ4n) is 3.47. The first-order chi connectivity index (χ1) is 14.7. The Bertz CT molecular complexity index is 1020. The molecule has 2 aliphatic rings. The number of carbonyl (C=O) groups excluding carboxylic acids is 1. The van der Waals surface area contributed by atoms with Gasteiger partial charge in [-0.3, -0.25) is 9.80 Å². The van der Waals surface area contributed by atoms with Crippen LogP contribution in [0, 0.1) is 5.82 Å². The highest BCUT2D eigenvalue weighted by Crippen LogP contribution is 2.35. The molecule has 2 aliphatic heterocycles. The summed E-state index contributed by atoms with van der Waals surface area (Å²) in [5.41, 5.74) is 8.01. The van der Waals surface area contributed by atoms with Gasteiger partial charge in [0, 0.05) is 24.0 Å². The molecule has 4 rings (SSSR count). The maximum Gasteiger partial charge on any atom is 0.425 e. The van der Waals surface area contributed by atoms with Gasteiger partial charge in [0.05, 0.1) is 12.9 Å². The Morgan fingerprint density at radius 2 is 1.94 bits per heavy atom. The molecule has 2 atom stereocenters. The molecule has 0 spiro atoms. The Kier molecular flexibility index (Phi) is 5.82. The van der Waals surface area contributed by atoms with Crippen molar-refractivity contribution < 1.29 is 22.4 Å². The summed E-state index contributed by atoms with van der Waals surface area (Å²) in [5.74, 6) is -0.323. The quantitative estimate of drug-likeness (QED) is 0.697. The van der Waals surface area contributed by atoms with Crippen molar-refractivity contribution in [2.24, 2.45) is 10.7 Å². The third-order valence-corrected chi connectivity index (χ3v) is 6.14. The van der Waals surface area contributed by atoms with Crippen LogP contribution in [0.1, 0.15) is 15.3 Å². The second-order valence-electron chi connectivity index (χ2n) is 7.21. The molecule has 0 fully saturated rings. The van der Waals surface area contributed by atoms with Crippen LogP contribution < -0.4 is 11.1 Å². The number of amides is 2. The molecule has 3 heterocycles. The second kappa shape index (κ2) is 8.40. The van der Waals surface area contributed by atoms with Crippen LogP contribution in [0.4, 0.5) is 22.4 Å². The lowest BCUT2D eigenvalue weighted by Gasteiger charge is -2.37. The number of rotatable bonds is 4. The van der Waals surface area contributed by atoms with Gasteiger partial charge >= 0.3 is 12.2 Å². The van der Waals surface area contributed by atoms with Crippen LogP contribution in [0.15, 0.2) is 47.5 Å². The Morgan fingerprint density at radius 3 is 2.55 bits per heavy atom. The molecule has 2 unspecified atom stereocenters. The predicted octanol–water partition coefficient (Wildman–Crippen LogP) is 3.47. The van der Waals surface area contributed by atoms with E-state index in [4.69, 9.17) is 5.73 Å². The molecule has 1 aromatic carbocycles. The number of hydrogen-bond donors (Lipinski definition) is 2. The summed E-state index contributed by atoms with van der Waals surface area (Å²) in [6, 6.07) is 7.64. The van der Waals surface area contributed by atoms with Crippen LogP contribution in [-0.2, 0) is 12.7 Å². The molecule has 0 bridgehead atoms. The second-order valence-corrected chi connectivity index (χ2v) is 8.37. The van der Waals surface area contributed by atoms with Crippen LogP contribution in [0.3, 0.4) is 0 Å². The number of thiophene rings is 1. The van der Waals surface area contributed by atoms with Crippen molar-refractivity contribution >= 4 is 29.3 Å². The average Bonchev–Trinajstić information content (AvgIpc) is 3.19. The summed E-state index contributed by atoms with van der Waals surface area (Å²) in [6.45, 7) is 0.894. The van der Waals surface area contributed by atoms with Crippen molar-refractivity contribution in [2.45, 2.75) is 25.1 Å². The number of alkyl halides is 3. The highest BCUT2D eigenvalue weighted by atomic mass is 32.1. The Labute approximate surface area is 179 Å². The lowest BCUT2D eigenvalue weighted by Crippen LogP contribution is -2.57. The smallest absolute Gasteiger partial charge is 0.323 e. The van der Waals surface area contributed by atoms with Gasteiger partial charge < -0.3 is 11.1 Å². The maximum absolute atomic E-state index is 13.1. The molecule has 0 saturated heterocycles. The first-order valence-electron chi connectivity index (χ1n) is 9.42. The predicted molar refractivity (Wildman–Crippen MR) is 110 cm³/mol. The lowest BCUT2D eigenvalue weighted by molar-refractivity contribution is -0.134. The largest absolute Gasteiger partial charge is 0.425 e. The topological polar surface area (TPSA) is 74.0 Å². The van der Waals surface area contributed by atoms with Crippen LogP contribution in [0.2, 0.25) is 0 Å². The highest BCUT2D eigenvalue weighted by molar-refractivity contribution is 7.12. The van der Waals surface area contributed by atoms with E-state index in [1.807, 2.05) is 11.0 Å². The molecule has 2 aromatic rings. The fourth-order valence-corrected chi connectivity index (χ4v) is 4.35. The zero-order valence-corrected chi connectivity index (χ0v) is 17.0. The van der Waals surface area contributed by atoms with E-state index < -0.39 is 23.4 Å². The molecular formula is C20H19F4N5OS. The molecule has 1 aromatic heterocycles. The van der Waals surface area contributed by atoms with Gasteiger partial charge in [-0.1, -0.05) is 18.2 Å². The fraction of sp³-hybridized carbons (Fsp3) is 0.300. The highest BCUT2D eigenvalue weighted by Gasteiger charge is 2.33. The molecule has 164 valence electrons. The number of nitrogens with zero attached hydrogens (tertiary/aromatic N) is 3. The lowest BCUT2D eigenvalue weighted by atomic mass is 9.95. The number of nitrogens with two attached hydrogens (primary N) is 1. The van der Waals surface area contributed by atoms with Crippen molar-refractivity contribution in [3.63, 3.8) is 0 Å². The van der Waals surface area contributed by atoms with Crippen LogP contribution in [0.25, 0.3) is 5.57 Å². The molecule has 31 heavy (non-hydrogen) atoms. The molecule has 0 aliphatic carbocycles. The maximum atomic E-state index is 13.1. The number of urea groups is 1. The third kappa shape index (κ3) is 4.78. The minimum Gasteiger partial charge on any atom is -0.323 e. The van der Waals surface area contributed by atoms with Gasteiger partial charge in [0.2, 0.25) is 0 Å². The van der Waals surface area contributed by atoms with Crippen molar-refractivity contribution in [1.29, 1.82) is 0 Å². The number of benzene rings is 1. The molecule has 2 amide bonds. The van der Waals surface area contributed by atoms with Gasteiger partial charge in [0.1, 0.15) is 10.7 Å². The van der Waals surface area contributed by atoms with E-state index >= 15 is 0 Å². The standard InChI is InChI=1S/C20H19F4N5OS/c21-13-3-1-12(2-4-13)15-7-8-28(10-16(15)25)18-26-11-29(19(30)27-18)9-14-5-6-17(31-14)20(22,23)24/h1-7,11,16,18H,8-10,25H2,(H,27,30). The molecular weight excluding hydrogens is 434 g/mol. The Balaban J connectivity index is 1.40. The summed E-state index contributed by atoms with van der Waals surface area (Å²) in [6.07, 6.45) is -1.78. The molecule has 6 nitrogen and oxygen atoms in total. The van der Waals surface area contributed by atoms with E-state index in [-0.39, 0.29) is 18.4 Å². The van der Waals surface area contributed by atoms with E-state index in [0.717, 1.165) is 17.2 Å². The summed E-state index contributed by atoms with van der Waals surface area (Å²) in [5, 5.41) is 2.74. The summed E-state index contributed by atoms with van der Waals surface area (Å²) >= 11 is 0.597. The first-order valence-corrected chi connectivity index (χ1v) is 10.2. The van der Waals surface area contributed by atoms with Crippen molar-refractivity contribution in [2.75, 3.05) is 13.1 Å². The van der Waals surface area contributed by atoms with E-state index in [9.17, 15) is 22.4 Å². The van der Waals surface area contributed by atoms with Crippen molar-refractivity contribution in [3.05, 3.63) is 63.6 Å². The number of hydrogen-bond acceptors (Lipinski definition) is 5. The van der Waals surface area contributed by atoms with Gasteiger partial charge in [-0.2, -0.15) is 13.2 Å². The third-order valence-electron chi connectivity index (χ3n) is 5.03. The molecule has 0 radical (unpaired) electrons.